The number of aryl methyl sites for hydroxylation is 1. The molecule has 3 nitrogen and oxygen atoms in total. The zero-order valence-electron chi connectivity index (χ0n) is 7.49. The van der Waals surface area contributed by atoms with Crippen LogP contribution < -0.4 is 0 Å². The summed E-state index contributed by atoms with van der Waals surface area (Å²) < 4.78 is 1.78. The second-order valence-electron chi connectivity index (χ2n) is 2.48. The maximum Gasteiger partial charge on any atom is 0.112 e. The Bertz CT molecular complexity index is 296. The Morgan fingerprint density at radius 2 is 2.50 bits per heavy atom. The first-order valence-electron chi connectivity index (χ1n) is 4.00. The summed E-state index contributed by atoms with van der Waals surface area (Å²) >= 11 is 0. The van der Waals surface area contributed by atoms with Crippen LogP contribution in [-0.4, -0.2) is 15.0 Å². The van der Waals surface area contributed by atoms with Crippen LogP contribution in [0.1, 0.15) is 19.5 Å². The van der Waals surface area contributed by atoms with Gasteiger partial charge in [0.25, 0.3) is 0 Å². The van der Waals surface area contributed by atoms with E-state index in [4.69, 9.17) is 0 Å². The molecule has 64 valence electrons. The predicted octanol–water partition coefficient (Wildman–Crippen LogP) is 1.89. The fraction of sp³-hybridized carbons (Fsp3) is 0.333. The highest BCUT2D eigenvalue weighted by Gasteiger charge is 1.99. The van der Waals surface area contributed by atoms with Crippen molar-refractivity contribution >= 4 is 5.57 Å². The molecule has 0 aliphatic rings. The fourth-order valence-corrected chi connectivity index (χ4v) is 0.887. The fourth-order valence-electron chi connectivity index (χ4n) is 0.887. The molecule has 0 saturated carbocycles. The molecule has 0 spiro atoms. The zero-order valence-corrected chi connectivity index (χ0v) is 7.49. The van der Waals surface area contributed by atoms with Crippen LogP contribution in [0.4, 0.5) is 0 Å². The van der Waals surface area contributed by atoms with Gasteiger partial charge in [-0.05, 0) is 19.4 Å². The van der Waals surface area contributed by atoms with Gasteiger partial charge in [-0.1, -0.05) is 23.9 Å². The minimum atomic E-state index is 0.843. The van der Waals surface area contributed by atoms with Gasteiger partial charge in [-0.25, -0.2) is 0 Å². The third-order valence-corrected chi connectivity index (χ3v) is 1.56. The van der Waals surface area contributed by atoms with Crippen LogP contribution in [0.15, 0.2) is 24.9 Å². The van der Waals surface area contributed by atoms with Crippen molar-refractivity contribution in [3.8, 4) is 0 Å². The van der Waals surface area contributed by atoms with Crippen molar-refractivity contribution in [2.45, 2.75) is 20.4 Å². The maximum absolute atomic E-state index is 3.97. The van der Waals surface area contributed by atoms with Gasteiger partial charge in [-0.2, -0.15) is 0 Å². The average molecular weight is 163 g/mol. The Morgan fingerprint density at radius 1 is 1.75 bits per heavy atom. The second-order valence-corrected chi connectivity index (χ2v) is 2.48. The van der Waals surface area contributed by atoms with E-state index in [9.17, 15) is 0 Å². The highest BCUT2D eigenvalue weighted by atomic mass is 15.4. The lowest BCUT2D eigenvalue weighted by molar-refractivity contribution is 0.626. The van der Waals surface area contributed by atoms with Gasteiger partial charge in [0.2, 0.25) is 0 Å². The third-order valence-electron chi connectivity index (χ3n) is 1.56. The molecule has 0 radical (unpaired) electrons. The number of hydrogen-bond donors (Lipinski definition) is 0. The van der Waals surface area contributed by atoms with Crippen molar-refractivity contribution in [1.82, 2.24) is 15.0 Å². The van der Waals surface area contributed by atoms with Crippen molar-refractivity contribution in [3.63, 3.8) is 0 Å². The largest absolute Gasteiger partial charge is 0.252 e. The van der Waals surface area contributed by atoms with Gasteiger partial charge in [0, 0.05) is 6.54 Å². The quantitative estimate of drug-likeness (QED) is 0.637. The molecule has 0 aliphatic carbocycles. The van der Waals surface area contributed by atoms with Crippen LogP contribution in [0.25, 0.3) is 5.57 Å². The molecule has 1 aromatic rings. The summed E-state index contributed by atoms with van der Waals surface area (Å²) in [5.41, 5.74) is 1.74. The highest BCUT2D eigenvalue weighted by molar-refractivity contribution is 5.68. The molecule has 0 N–H and O–H groups in total. The zero-order chi connectivity index (χ0) is 8.97. The summed E-state index contributed by atoms with van der Waals surface area (Å²) in [6, 6.07) is 0. The van der Waals surface area contributed by atoms with Crippen LogP contribution in [0.5, 0.6) is 0 Å². The van der Waals surface area contributed by atoms with Gasteiger partial charge in [-0.3, -0.25) is 4.68 Å². The van der Waals surface area contributed by atoms with Gasteiger partial charge in [-0.15, -0.1) is 5.10 Å². The molecule has 1 heterocycles. The number of allylic oxidation sites excluding steroid dienone is 3. The van der Waals surface area contributed by atoms with E-state index in [2.05, 4.69) is 16.9 Å². The molecule has 0 aliphatic heterocycles. The van der Waals surface area contributed by atoms with E-state index in [1.165, 1.54) is 0 Å². The summed E-state index contributed by atoms with van der Waals surface area (Å²) in [5.74, 6) is 0. The molecule has 12 heavy (non-hydrogen) atoms. The summed E-state index contributed by atoms with van der Waals surface area (Å²) in [4.78, 5) is 0. The maximum atomic E-state index is 3.97. The Hall–Kier alpha value is -1.38. The second kappa shape index (κ2) is 3.85. The van der Waals surface area contributed by atoms with Crippen molar-refractivity contribution < 1.29 is 0 Å². The molecule has 0 fully saturated rings. The highest BCUT2D eigenvalue weighted by Crippen LogP contribution is 2.08. The van der Waals surface area contributed by atoms with E-state index in [1.807, 2.05) is 32.2 Å². The molecule has 3 heteroatoms. The van der Waals surface area contributed by atoms with Crippen LogP contribution in [0.3, 0.4) is 0 Å². The van der Waals surface area contributed by atoms with Gasteiger partial charge in [0.05, 0.1) is 6.20 Å². The lowest BCUT2D eigenvalue weighted by Gasteiger charge is -1.90. The molecule has 0 atom stereocenters. The first-order valence-corrected chi connectivity index (χ1v) is 4.00. The first-order chi connectivity index (χ1) is 5.77. The molecule has 0 unspecified atom stereocenters. The Labute approximate surface area is 72.4 Å². The molecule has 0 saturated heterocycles. The Kier molecular flexibility index (Phi) is 2.80. The van der Waals surface area contributed by atoms with Gasteiger partial charge in [0.15, 0.2) is 0 Å². The Balaban J connectivity index is 2.81. The van der Waals surface area contributed by atoms with Crippen LogP contribution in [0.2, 0.25) is 0 Å². The van der Waals surface area contributed by atoms with E-state index in [0.29, 0.717) is 0 Å². The number of hydrogen-bond acceptors (Lipinski definition) is 2. The summed E-state index contributed by atoms with van der Waals surface area (Å²) in [6.07, 6.45) is 5.75. The summed E-state index contributed by atoms with van der Waals surface area (Å²) in [7, 11) is 0. The van der Waals surface area contributed by atoms with Gasteiger partial charge < -0.3 is 0 Å². The lowest BCUT2D eigenvalue weighted by atomic mass is 10.2. The van der Waals surface area contributed by atoms with Crippen LogP contribution >= 0.6 is 0 Å². The average Bonchev–Trinajstić information content (AvgIpc) is 2.52. The number of aromatic nitrogens is 3. The third kappa shape index (κ3) is 1.81. The monoisotopic (exact) mass is 163 g/mol. The smallest absolute Gasteiger partial charge is 0.112 e. The van der Waals surface area contributed by atoms with Crippen molar-refractivity contribution in [2.75, 3.05) is 0 Å². The molecule has 0 amide bonds. The molecular weight excluding hydrogens is 150 g/mol. The minimum absolute atomic E-state index is 0.843. The van der Waals surface area contributed by atoms with Crippen molar-refractivity contribution in [2.24, 2.45) is 0 Å². The number of rotatable bonds is 3. The lowest BCUT2D eigenvalue weighted by Crippen LogP contribution is -1.93. The van der Waals surface area contributed by atoms with E-state index in [1.54, 1.807) is 4.68 Å². The van der Waals surface area contributed by atoms with Crippen molar-refractivity contribution in [1.29, 1.82) is 0 Å². The predicted molar refractivity (Wildman–Crippen MR) is 49.5 cm³/mol. The minimum Gasteiger partial charge on any atom is -0.252 e. The van der Waals surface area contributed by atoms with Gasteiger partial charge in [0.1, 0.15) is 5.69 Å². The number of nitrogens with zero attached hydrogens (tertiary/aromatic N) is 3. The molecule has 0 bridgehead atoms. The Morgan fingerprint density at radius 3 is 3.00 bits per heavy atom. The standard InChI is InChI=1S/C9H13N3/c1-4-6-8(3)9-7-12(5-2)11-10-9/h4,6-7H,3,5H2,1-2H3/b6-4-. The van der Waals surface area contributed by atoms with Gasteiger partial charge >= 0.3 is 0 Å². The van der Waals surface area contributed by atoms with E-state index < -0.39 is 0 Å². The summed E-state index contributed by atoms with van der Waals surface area (Å²) in [6.45, 7) is 8.68. The summed E-state index contributed by atoms with van der Waals surface area (Å²) in [5, 5.41) is 7.88. The van der Waals surface area contributed by atoms with Crippen LogP contribution in [0, 0.1) is 0 Å². The van der Waals surface area contributed by atoms with Crippen molar-refractivity contribution in [3.05, 3.63) is 30.6 Å². The molecule has 1 rings (SSSR count). The molecule has 1 aromatic heterocycles. The van der Waals surface area contributed by atoms with E-state index in [-0.39, 0.29) is 0 Å². The van der Waals surface area contributed by atoms with Crippen LogP contribution in [-0.2, 0) is 6.54 Å². The molecule has 0 aromatic carbocycles. The normalized spacial score (nSPS) is 10.8. The van der Waals surface area contributed by atoms with E-state index in [0.717, 1.165) is 17.8 Å². The SMILES string of the molecule is C=C(/C=C\C)c1cn(CC)nn1. The first kappa shape index (κ1) is 8.71. The topological polar surface area (TPSA) is 30.7 Å². The van der Waals surface area contributed by atoms with E-state index >= 15 is 0 Å². The molecular formula is C9H13N3.